The molecule has 3 unspecified atom stereocenters. The van der Waals surface area contributed by atoms with Gasteiger partial charge in [0.15, 0.2) is 0 Å². The number of para-hydroxylation sites is 1. The van der Waals surface area contributed by atoms with E-state index in [9.17, 15) is 19.5 Å². The summed E-state index contributed by atoms with van der Waals surface area (Å²) in [5.41, 5.74) is 2.52. The zero-order valence-corrected chi connectivity index (χ0v) is 28.2. The van der Waals surface area contributed by atoms with Crippen LogP contribution in [0.4, 0.5) is 0 Å². The van der Waals surface area contributed by atoms with Gasteiger partial charge in [0.05, 0.1) is 19.3 Å². The summed E-state index contributed by atoms with van der Waals surface area (Å²) in [6.45, 7) is 8.64. The largest absolute Gasteiger partial charge is 0.493 e. The number of aryl methyl sites for hydroxylation is 2. The van der Waals surface area contributed by atoms with Crippen molar-refractivity contribution in [2.75, 3.05) is 26.7 Å². The van der Waals surface area contributed by atoms with Crippen LogP contribution in [0.5, 0.6) is 5.75 Å². The summed E-state index contributed by atoms with van der Waals surface area (Å²) in [6.07, 6.45) is 9.16. The number of hydrogen-bond donors (Lipinski definition) is 3. The summed E-state index contributed by atoms with van der Waals surface area (Å²) in [5, 5.41) is 15.7. The maximum Gasteiger partial charge on any atom is 0.245 e. The Morgan fingerprint density at radius 2 is 1.60 bits per heavy atom. The number of unbranched alkanes of at least 4 members (excludes halogenated alkanes) is 1. The third-order valence-electron chi connectivity index (χ3n) is 8.58. The third kappa shape index (κ3) is 13.6. The van der Waals surface area contributed by atoms with E-state index >= 15 is 0 Å². The molecule has 0 saturated heterocycles. The summed E-state index contributed by atoms with van der Waals surface area (Å²) in [6, 6.07) is 17.3. The van der Waals surface area contributed by atoms with Crippen molar-refractivity contribution in [3.63, 3.8) is 0 Å². The maximum atomic E-state index is 13.1. The van der Waals surface area contributed by atoms with Crippen molar-refractivity contribution in [3.8, 4) is 5.75 Å². The van der Waals surface area contributed by atoms with Crippen molar-refractivity contribution < 1.29 is 24.2 Å². The third-order valence-corrected chi connectivity index (χ3v) is 8.58. The second kappa shape index (κ2) is 21.4. The van der Waals surface area contributed by atoms with Gasteiger partial charge >= 0.3 is 0 Å². The fourth-order valence-corrected chi connectivity index (χ4v) is 5.75. The molecular weight excluding hydrogens is 566 g/mol. The molecule has 1 fully saturated rings. The van der Waals surface area contributed by atoms with E-state index in [1.165, 1.54) is 23.8 Å². The van der Waals surface area contributed by atoms with E-state index in [-0.39, 0.29) is 24.3 Å². The van der Waals surface area contributed by atoms with Gasteiger partial charge in [0, 0.05) is 19.5 Å². The maximum absolute atomic E-state index is 13.1. The molecule has 250 valence electrons. The monoisotopic (exact) mass is 623 g/mol. The fraction of sp³-hybridized carbons (Fsp3) is 0.595. The molecule has 3 atom stereocenters. The Kier molecular flexibility index (Phi) is 17.9. The van der Waals surface area contributed by atoms with Crippen LogP contribution in [-0.4, -0.2) is 66.6 Å². The van der Waals surface area contributed by atoms with Gasteiger partial charge in [-0.3, -0.25) is 14.4 Å². The molecule has 1 aliphatic rings. The summed E-state index contributed by atoms with van der Waals surface area (Å²) in [5.74, 6) is 0.00291. The van der Waals surface area contributed by atoms with Crippen molar-refractivity contribution >= 4 is 17.7 Å². The number of aliphatic hydroxyl groups is 1. The Morgan fingerprint density at radius 3 is 2.22 bits per heavy atom. The van der Waals surface area contributed by atoms with Gasteiger partial charge in [0.25, 0.3) is 0 Å². The molecule has 1 aliphatic carbocycles. The average Bonchev–Trinajstić information content (AvgIpc) is 3.06. The number of hydrogen-bond acceptors (Lipinski definition) is 5. The summed E-state index contributed by atoms with van der Waals surface area (Å²) in [4.78, 5) is 39.6. The quantitative estimate of drug-likeness (QED) is 0.208. The van der Waals surface area contributed by atoms with Crippen molar-refractivity contribution in [2.45, 2.75) is 104 Å². The van der Waals surface area contributed by atoms with Crippen LogP contribution >= 0.6 is 0 Å². The molecule has 0 radical (unpaired) electrons. The lowest BCUT2D eigenvalue weighted by molar-refractivity contribution is -0.147. The molecule has 3 rings (SSSR count). The Labute approximate surface area is 271 Å². The molecule has 45 heavy (non-hydrogen) atoms. The van der Waals surface area contributed by atoms with E-state index in [2.05, 4.69) is 48.7 Å². The first kappa shape index (κ1) is 37.8. The van der Waals surface area contributed by atoms with Crippen LogP contribution in [0.2, 0.25) is 0 Å². The molecule has 2 aromatic rings. The van der Waals surface area contributed by atoms with Crippen molar-refractivity contribution in [1.29, 1.82) is 0 Å². The minimum absolute atomic E-state index is 0.142. The lowest BCUT2D eigenvalue weighted by Gasteiger charge is -2.34. The molecule has 0 heterocycles. The summed E-state index contributed by atoms with van der Waals surface area (Å²) < 4.78 is 5.86. The molecule has 0 bridgehead atoms. The van der Waals surface area contributed by atoms with Crippen LogP contribution in [0.15, 0.2) is 54.6 Å². The van der Waals surface area contributed by atoms with Crippen LogP contribution in [0, 0.1) is 11.8 Å². The predicted octanol–water partition coefficient (Wildman–Crippen LogP) is 5.70. The number of amides is 3. The van der Waals surface area contributed by atoms with E-state index < -0.39 is 18.1 Å². The normalized spacial score (nSPS) is 15.1. The number of aliphatic hydroxyl groups excluding tert-OH is 1. The van der Waals surface area contributed by atoms with Gasteiger partial charge in [0.2, 0.25) is 17.7 Å². The first-order valence-electron chi connectivity index (χ1n) is 16.9. The summed E-state index contributed by atoms with van der Waals surface area (Å²) in [7, 11) is 1.56. The Balaban J connectivity index is 0.000000761. The Hall–Kier alpha value is -3.39. The lowest BCUT2D eigenvalue weighted by Crippen LogP contribution is -2.55. The van der Waals surface area contributed by atoms with E-state index in [1.54, 1.807) is 7.05 Å². The number of nitrogens with one attached hydrogen (secondary N) is 2. The highest BCUT2D eigenvalue weighted by atomic mass is 16.5. The number of rotatable bonds is 16. The van der Waals surface area contributed by atoms with Gasteiger partial charge in [-0.05, 0) is 68.6 Å². The molecule has 0 spiro atoms. The van der Waals surface area contributed by atoms with Crippen LogP contribution in [0.3, 0.4) is 0 Å². The summed E-state index contributed by atoms with van der Waals surface area (Å²) >= 11 is 0. The van der Waals surface area contributed by atoms with Gasteiger partial charge < -0.3 is 25.4 Å². The Morgan fingerprint density at radius 1 is 0.933 bits per heavy atom. The van der Waals surface area contributed by atoms with Gasteiger partial charge in [0.1, 0.15) is 11.8 Å². The molecular formula is C37H57N3O5. The molecule has 3 amide bonds. The fourth-order valence-electron chi connectivity index (χ4n) is 5.75. The number of nitrogens with zero attached hydrogens (tertiary/aromatic N) is 1. The van der Waals surface area contributed by atoms with Crippen molar-refractivity contribution in [2.24, 2.45) is 11.8 Å². The molecule has 8 nitrogen and oxygen atoms in total. The average molecular weight is 624 g/mol. The minimum atomic E-state index is -1.06. The topological polar surface area (TPSA) is 108 Å². The SMILES string of the molecule is CCCCOc1ccccc1CCCNC(=O)CNC(=O)C(C(C)O)N(C)C(=O)C(C)C1CCCCC1.CCc1ccccc1. The number of carbonyl (C=O) groups is 3. The van der Waals surface area contributed by atoms with Gasteiger partial charge in [-0.15, -0.1) is 0 Å². The lowest BCUT2D eigenvalue weighted by atomic mass is 9.80. The number of carbonyl (C=O) groups excluding carboxylic acids is 3. The number of likely N-dealkylation sites (N-methyl/N-ethyl adjacent to an activating group) is 1. The zero-order chi connectivity index (χ0) is 33.0. The smallest absolute Gasteiger partial charge is 0.245 e. The Bertz CT molecular complexity index is 1130. The highest BCUT2D eigenvalue weighted by Crippen LogP contribution is 2.31. The number of ether oxygens (including phenoxy) is 1. The van der Waals surface area contributed by atoms with E-state index in [1.807, 2.05) is 37.3 Å². The van der Waals surface area contributed by atoms with E-state index in [4.69, 9.17) is 4.74 Å². The van der Waals surface area contributed by atoms with Crippen LogP contribution in [0.1, 0.15) is 90.2 Å². The van der Waals surface area contributed by atoms with Gasteiger partial charge in [-0.1, -0.05) is 95.0 Å². The highest BCUT2D eigenvalue weighted by molar-refractivity contribution is 5.91. The second-order valence-electron chi connectivity index (χ2n) is 12.1. The zero-order valence-electron chi connectivity index (χ0n) is 28.2. The van der Waals surface area contributed by atoms with Crippen LogP contribution in [0.25, 0.3) is 0 Å². The second-order valence-corrected chi connectivity index (χ2v) is 12.1. The molecule has 0 aromatic heterocycles. The molecule has 0 aliphatic heterocycles. The standard InChI is InChI=1S/C29H47N3O5.C8H10/c1-5-6-19-37-25-17-11-10-15-24(25)16-12-18-30-26(34)20-31-28(35)27(22(3)33)32(4)29(36)21(2)23-13-8-7-9-14-23;1-2-8-6-4-3-5-7-8/h10-11,15,17,21-23,27,33H,5-9,12-14,16,18-20H2,1-4H3,(H,30,34)(H,31,35);3-7H,2H2,1H3. The van der Waals surface area contributed by atoms with Crippen molar-refractivity contribution in [1.82, 2.24) is 15.5 Å². The van der Waals surface area contributed by atoms with Crippen LogP contribution < -0.4 is 15.4 Å². The predicted molar refractivity (Wildman–Crippen MR) is 181 cm³/mol. The minimum Gasteiger partial charge on any atom is -0.493 e. The van der Waals surface area contributed by atoms with E-state index in [0.29, 0.717) is 19.1 Å². The first-order chi connectivity index (χ1) is 21.7. The first-order valence-corrected chi connectivity index (χ1v) is 16.9. The molecule has 8 heteroatoms. The van der Waals surface area contributed by atoms with Crippen LogP contribution in [-0.2, 0) is 27.2 Å². The molecule has 3 N–H and O–H groups in total. The highest BCUT2D eigenvalue weighted by Gasteiger charge is 2.35. The van der Waals surface area contributed by atoms with Gasteiger partial charge in [-0.25, -0.2) is 0 Å². The molecule has 2 aromatic carbocycles. The van der Waals surface area contributed by atoms with Crippen molar-refractivity contribution in [3.05, 3.63) is 65.7 Å². The molecule has 1 saturated carbocycles. The van der Waals surface area contributed by atoms with E-state index in [0.717, 1.165) is 69.1 Å². The number of benzene rings is 2. The van der Waals surface area contributed by atoms with Gasteiger partial charge in [-0.2, -0.15) is 0 Å².